The average molecular weight is 420 g/mol. The first-order valence-electron chi connectivity index (χ1n) is 9.52. The number of anilines is 1. The van der Waals surface area contributed by atoms with Gasteiger partial charge >= 0.3 is 0 Å². The quantitative estimate of drug-likeness (QED) is 0.490. The number of rotatable bonds is 5. The minimum Gasteiger partial charge on any atom is -0.326 e. The fourth-order valence-corrected chi connectivity index (χ4v) is 3.58. The van der Waals surface area contributed by atoms with Crippen molar-refractivity contribution in [1.82, 2.24) is 15.0 Å². The molecule has 3 rings (SSSR count). The van der Waals surface area contributed by atoms with Crippen LogP contribution in [0.1, 0.15) is 35.0 Å². The highest BCUT2D eigenvalue weighted by molar-refractivity contribution is 8.00. The van der Waals surface area contributed by atoms with Crippen LogP contribution in [-0.4, -0.2) is 31.3 Å². The number of aromatic nitrogens is 3. The van der Waals surface area contributed by atoms with Crippen LogP contribution in [0.4, 0.5) is 5.69 Å². The second kappa shape index (κ2) is 9.08. The van der Waals surface area contributed by atoms with Gasteiger partial charge < -0.3 is 10.5 Å². The smallest absolute Gasteiger partial charge is 0.116 e. The number of pyridine rings is 1. The van der Waals surface area contributed by atoms with Crippen LogP contribution in [0.3, 0.4) is 0 Å². The molecule has 0 fully saturated rings. The van der Waals surface area contributed by atoms with Crippen molar-refractivity contribution in [2.45, 2.75) is 26.8 Å². The van der Waals surface area contributed by atoms with Crippen molar-refractivity contribution in [2.75, 3.05) is 11.0 Å². The first kappa shape index (κ1) is 21.5. The highest BCUT2D eigenvalue weighted by atomic mass is 32.2. The van der Waals surface area contributed by atoms with E-state index >= 15 is 0 Å². The Balaban J connectivity index is 2.06. The van der Waals surface area contributed by atoms with E-state index in [0.717, 1.165) is 40.2 Å². The Bertz CT molecular complexity index is 1220. The van der Waals surface area contributed by atoms with E-state index in [0.29, 0.717) is 17.8 Å². The van der Waals surface area contributed by atoms with E-state index in [1.54, 1.807) is 18.8 Å². The molecule has 3 N–H and O–H groups in total. The molecule has 2 heterocycles. The van der Waals surface area contributed by atoms with Crippen LogP contribution >= 0.6 is 0 Å². The highest BCUT2D eigenvalue weighted by Gasteiger charge is 2.11. The van der Waals surface area contributed by atoms with E-state index in [4.69, 9.17) is 5.73 Å². The van der Waals surface area contributed by atoms with Gasteiger partial charge in [-0.15, -0.1) is 0 Å². The van der Waals surface area contributed by atoms with Crippen LogP contribution in [0.25, 0.3) is 11.3 Å². The third-order valence-electron chi connectivity index (χ3n) is 4.47. The number of hydrogen-bond acceptors (Lipinski definition) is 5. The second-order valence-corrected chi connectivity index (χ2v) is 9.23. The zero-order valence-electron chi connectivity index (χ0n) is 17.4. The van der Waals surface area contributed by atoms with E-state index in [1.165, 1.54) is 0 Å². The van der Waals surface area contributed by atoms with Crippen molar-refractivity contribution < 1.29 is 4.21 Å². The molecule has 0 aliphatic heterocycles. The molecular weight excluding hydrogens is 394 g/mol. The van der Waals surface area contributed by atoms with Crippen LogP contribution in [0.5, 0.6) is 0 Å². The molecule has 0 saturated heterocycles. The maximum atomic E-state index is 12.0. The predicted octanol–water partition coefficient (Wildman–Crippen LogP) is 2.94. The summed E-state index contributed by atoms with van der Waals surface area (Å²) >= 11 is 0. The van der Waals surface area contributed by atoms with Crippen LogP contribution in [-0.2, 0) is 22.7 Å². The van der Waals surface area contributed by atoms with Gasteiger partial charge in [-0.25, -0.2) is 14.2 Å². The molecule has 0 amide bonds. The van der Waals surface area contributed by atoms with Crippen molar-refractivity contribution in [3.05, 3.63) is 70.9 Å². The van der Waals surface area contributed by atoms with Gasteiger partial charge in [0.15, 0.2) is 0 Å². The molecule has 1 atom stereocenters. The molecule has 6 nitrogen and oxygen atoms in total. The van der Waals surface area contributed by atoms with Crippen LogP contribution < -0.4 is 10.5 Å². The zero-order valence-corrected chi connectivity index (χ0v) is 18.2. The van der Waals surface area contributed by atoms with E-state index in [-0.39, 0.29) is 0 Å². The molecule has 0 bridgehead atoms. The van der Waals surface area contributed by atoms with Gasteiger partial charge in [0.1, 0.15) is 6.33 Å². The Kier molecular flexibility index (Phi) is 6.50. The number of aryl methyl sites for hydroxylation is 2. The summed E-state index contributed by atoms with van der Waals surface area (Å²) in [6.07, 6.45) is 5.54. The Hall–Kier alpha value is -3.21. The summed E-state index contributed by atoms with van der Waals surface area (Å²) in [7, 11) is -2.41. The van der Waals surface area contributed by atoms with Gasteiger partial charge in [0.2, 0.25) is 0 Å². The molecule has 0 aliphatic carbocycles. The van der Waals surface area contributed by atoms with E-state index < -0.39 is 9.71 Å². The third kappa shape index (κ3) is 5.23. The molecule has 1 unspecified atom stereocenters. The van der Waals surface area contributed by atoms with E-state index in [2.05, 4.69) is 37.4 Å². The lowest BCUT2D eigenvalue weighted by atomic mass is 10.0. The molecule has 1 aromatic carbocycles. The normalized spacial score (nSPS) is 12.5. The first-order chi connectivity index (χ1) is 14.3. The van der Waals surface area contributed by atoms with Gasteiger partial charge in [0, 0.05) is 39.8 Å². The molecule has 0 radical (unpaired) electrons. The van der Waals surface area contributed by atoms with Gasteiger partial charge in [0.05, 0.1) is 28.3 Å². The monoisotopic (exact) mass is 419 g/mol. The van der Waals surface area contributed by atoms with Crippen molar-refractivity contribution >= 4 is 21.3 Å². The molecule has 7 heteroatoms. The summed E-state index contributed by atoms with van der Waals surface area (Å²) in [6.45, 7) is 4.37. The van der Waals surface area contributed by atoms with Crippen molar-refractivity contribution in [3.63, 3.8) is 0 Å². The van der Waals surface area contributed by atoms with Crippen LogP contribution in [0.2, 0.25) is 0 Å². The standard InChI is InChI=1S/C23H25N5OS/c1-5-21-20(23(27-15-26-21)19-9-6-17(13-24)7-10-19)11-8-18-12-22(16(2)25-14-18)28-30(3,4)29/h6-7,9-10,12,14-15H,3,5,13,24H2,1-2,4H3,(H,28,29). The number of nitrogens with one attached hydrogen (secondary N) is 1. The summed E-state index contributed by atoms with van der Waals surface area (Å²) in [4.78, 5) is 13.2. The Morgan fingerprint density at radius 1 is 1.17 bits per heavy atom. The van der Waals surface area contributed by atoms with Crippen molar-refractivity contribution in [1.29, 1.82) is 0 Å². The van der Waals surface area contributed by atoms with Gasteiger partial charge in [-0.05, 0) is 30.8 Å². The summed E-state index contributed by atoms with van der Waals surface area (Å²) in [5.74, 6) is 10.0. The molecule has 0 aliphatic rings. The number of benzene rings is 1. The summed E-state index contributed by atoms with van der Waals surface area (Å²) < 4.78 is 14.9. The Morgan fingerprint density at radius 3 is 2.53 bits per heavy atom. The maximum Gasteiger partial charge on any atom is 0.116 e. The van der Waals surface area contributed by atoms with Gasteiger partial charge in [-0.3, -0.25) is 4.98 Å². The molecular formula is C23H25N5OS. The molecule has 2 aromatic heterocycles. The molecule has 0 saturated carbocycles. The molecule has 3 aromatic rings. The van der Waals surface area contributed by atoms with Gasteiger partial charge in [0.25, 0.3) is 0 Å². The SMILES string of the molecule is C=S(C)(=O)Nc1cc(C#Cc2c(CC)ncnc2-c2ccc(CN)cc2)cnc1C. The van der Waals surface area contributed by atoms with Crippen LogP contribution in [0.15, 0.2) is 42.9 Å². The largest absolute Gasteiger partial charge is 0.326 e. The number of nitrogens with zero attached hydrogens (tertiary/aromatic N) is 3. The van der Waals surface area contributed by atoms with Crippen molar-refractivity contribution in [3.8, 4) is 23.1 Å². The second-order valence-electron chi connectivity index (χ2n) is 7.01. The van der Waals surface area contributed by atoms with Gasteiger partial charge in [-0.2, -0.15) is 0 Å². The van der Waals surface area contributed by atoms with Gasteiger partial charge in [-0.1, -0.05) is 43.0 Å². The summed E-state index contributed by atoms with van der Waals surface area (Å²) in [6, 6.07) is 9.80. The molecule has 154 valence electrons. The summed E-state index contributed by atoms with van der Waals surface area (Å²) in [5.41, 5.74) is 12.2. The van der Waals surface area contributed by atoms with E-state index in [1.807, 2.05) is 44.2 Å². The Morgan fingerprint density at radius 2 is 1.90 bits per heavy atom. The predicted molar refractivity (Wildman–Crippen MR) is 125 cm³/mol. The molecule has 0 spiro atoms. The number of hydrogen-bond donors (Lipinski definition) is 2. The topological polar surface area (TPSA) is 93.8 Å². The molecule has 30 heavy (non-hydrogen) atoms. The highest BCUT2D eigenvalue weighted by Crippen LogP contribution is 2.23. The minimum atomic E-state index is -2.41. The van der Waals surface area contributed by atoms with E-state index in [9.17, 15) is 4.21 Å². The van der Waals surface area contributed by atoms with Crippen LogP contribution in [0, 0.1) is 18.8 Å². The maximum absolute atomic E-state index is 12.0. The Labute approximate surface area is 178 Å². The number of nitrogens with two attached hydrogens (primary N) is 1. The fourth-order valence-electron chi connectivity index (χ4n) is 2.91. The summed E-state index contributed by atoms with van der Waals surface area (Å²) in [5, 5.41) is 0. The fraction of sp³-hybridized carbons (Fsp3) is 0.217. The third-order valence-corrected chi connectivity index (χ3v) is 5.12. The lowest BCUT2D eigenvalue weighted by Crippen LogP contribution is -2.11. The lowest BCUT2D eigenvalue weighted by molar-refractivity contribution is 0.688. The first-order valence-corrected chi connectivity index (χ1v) is 11.7. The average Bonchev–Trinajstić information content (AvgIpc) is 2.73. The zero-order chi connectivity index (χ0) is 21.7. The van der Waals surface area contributed by atoms with Crippen molar-refractivity contribution in [2.24, 2.45) is 5.73 Å². The minimum absolute atomic E-state index is 0.491. The lowest BCUT2D eigenvalue weighted by Gasteiger charge is -2.10.